The van der Waals surface area contributed by atoms with Gasteiger partial charge in [0.1, 0.15) is 0 Å². The van der Waals surface area contributed by atoms with Crippen LogP contribution in [0, 0.1) is 0 Å². The van der Waals surface area contributed by atoms with Crippen LogP contribution in [0.25, 0.3) is 0 Å². The van der Waals surface area contributed by atoms with Gasteiger partial charge in [0.25, 0.3) is 0 Å². The van der Waals surface area contributed by atoms with E-state index in [0.29, 0.717) is 5.02 Å². The SMILES string of the molecule is CCC(NCCN(C)C)C(O)c1ccc(Cl)cc1. The summed E-state index contributed by atoms with van der Waals surface area (Å²) in [6, 6.07) is 7.46. The lowest BCUT2D eigenvalue weighted by molar-refractivity contribution is 0.125. The number of hydrogen-bond donors (Lipinski definition) is 2. The molecule has 0 aromatic heterocycles. The molecule has 0 radical (unpaired) electrons. The molecule has 0 bridgehead atoms. The molecule has 102 valence electrons. The van der Waals surface area contributed by atoms with Crippen LogP contribution in [0.15, 0.2) is 24.3 Å². The number of halogens is 1. The van der Waals surface area contributed by atoms with Crippen molar-refractivity contribution >= 4 is 11.6 Å². The predicted octanol–water partition coefficient (Wildman–Crippen LogP) is 2.30. The van der Waals surface area contributed by atoms with Crippen LogP contribution < -0.4 is 5.32 Å². The first-order valence-electron chi connectivity index (χ1n) is 6.36. The van der Waals surface area contributed by atoms with Crippen LogP contribution in [0.3, 0.4) is 0 Å². The molecule has 2 atom stereocenters. The fourth-order valence-corrected chi connectivity index (χ4v) is 1.97. The highest BCUT2D eigenvalue weighted by Gasteiger charge is 2.18. The van der Waals surface area contributed by atoms with Crippen LogP contribution >= 0.6 is 11.6 Å². The molecule has 18 heavy (non-hydrogen) atoms. The van der Waals surface area contributed by atoms with E-state index in [-0.39, 0.29) is 6.04 Å². The molecule has 1 rings (SSSR count). The number of hydrogen-bond acceptors (Lipinski definition) is 3. The van der Waals surface area contributed by atoms with Crippen LogP contribution in [0.2, 0.25) is 5.02 Å². The first-order chi connectivity index (χ1) is 8.54. The maximum atomic E-state index is 10.3. The zero-order valence-electron chi connectivity index (χ0n) is 11.4. The predicted molar refractivity (Wildman–Crippen MR) is 77.0 cm³/mol. The number of nitrogens with zero attached hydrogens (tertiary/aromatic N) is 1. The summed E-state index contributed by atoms with van der Waals surface area (Å²) in [6.45, 7) is 3.91. The quantitative estimate of drug-likeness (QED) is 0.798. The highest BCUT2D eigenvalue weighted by molar-refractivity contribution is 6.30. The molecule has 0 saturated carbocycles. The van der Waals surface area contributed by atoms with Crippen molar-refractivity contribution in [3.8, 4) is 0 Å². The zero-order valence-corrected chi connectivity index (χ0v) is 12.1. The highest BCUT2D eigenvalue weighted by Crippen LogP contribution is 2.20. The van der Waals surface area contributed by atoms with E-state index in [0.717, 1.165) is 25.1 Å². The van der Waals surface area contributed by atoms with Crippen LogP contribution in [0.5, 0.6) is 0 Å². The van der Waals surface area contributed by atoms with Gasteiger partial charge in [0.05, 0.1) is 6.10 Å². The first-order valence-corrected chi connectivity index (χ1v) is 6.74. The van der Waals surface area contributed by atoms with Crippen molar-refractivity contribution in [3.63, 3.8) is 0 Å². The van der Waals surface area contributed by atoms with Crippen LogP contribution in [0.4, 0.5) is 0 Å². The number of rotatable bonds is 7. The van der Waals surface area contributed by atoms with E-state index in [1.807, 2.05) is 38.4 Å². The van der Waals surface area contributed by atoms with E-state index < -0.39 is 6.10 Å². The van der Waals surface area contributed by atoms with Crippen molar-refractivity contribution < 1.29 is 5.11 Å². The third-order valence-corrected chi connectivity index (χ3v) is 3.25. The number of aliphatic hydroxyl groups excluding tert-OH is 1. The average molecular weight is 271 g/mol. The fourth-order valence-electron chi connectivity index (χ4n) is 1.85. The second-order valence-electron chi connectivity index (χ2n) is 4.77. The maximum Gasteiger partial charge on any atom is 0.0942 e. The summed E-state index contributed by atoms with van der Waals surface area (Å²) in [5, 5.41) is 14.4. The molecule has 0 spiro atoms. The fraction of sp³-hybridized carbons (Fsp3) is 0.571. The largest absolute Gasteiger partial charge is 0.387 e. The minimum absolute atomic E-state index is 0.0751. The molecule has 0 amide bonds. The Labute approximate surface area is 115 Å². The standard InChI is InChI=1S/C14H23ClN2O/c1-4-13(16-9-10-17(2)3)14(18)11-5-7-12(15)8-6-11/h5-8,13-14,16,18H,4,9-10H2,1-3H3. The van der Waals surface area contributed by atoms with Crippen molar-refractivity contribution in [2.75, 3.05) is 27.2 Å². The van der Waals surface area contributed by atoms with Crippen LogP contribution in [0.1, 0.15) is 25.0 Å². The van der Waals surface area contributed by atoms with Gasteiger partial charge >= 0.3 is 0 Å². The second kappa shape index (κ2) is 7.74. The van der Waals surface area contributed by atoms with E-state index in [1.165, 1.54) is 0 Å². The molecule has 2 unspecified atom stereocenters. The van der Waals surface area contributed by atoms with Gasteiger partial charge in [0, 0.05) is 24.2 Å². The normalized spacial score (nSPS) is 14.8. The average Bonchev–Trinajstić information content (AvgIpc) is 2.34. The lowest BCUT2D eigenvalue weighted by Crippen LogP contribution is -2.38. The summed E-state index contributed by atoms with van der Waals surface area (Å²) >= 11 is 5.85. The Kier molecular flexibility index (Phi) is 6.65. The van der Waals surface area contributed by atoms with Crippen LogP contribution in [-0.2, 0) is 0 Å². The number of likely N-dealkylation sites (N-methyl/N-ethyl adjacent to an activating group) is 1. The summed E-state index contributed by atoms with van der Waals surface area (Å²) in [5.74, 6) is 0. The summed E-state index contributed by atoms with van der Waals surface area (Å²) in [7, 11) is 4.08. The van der Waals surface area contributed by atoms with Gasteiger partial charge in [-0.1, -0.05) is 30.7 Å². The number of aliphatic hydroxyl groups is 1. The van der Waals surface area contributed by atoms with Crippen molar-refractivity contribution in [3.05, 3.63) is 34.9 Å². The molecule has 3 nitrogen and oxygen atoms in total. The van der Waals surface area contributed by atoms with Gasteiger partial charge in [0.2, 0.25) is 0 Å². The molecule has 0 heterocycles. The van der Waals surface area contributed by atoms with E-state index in [1.54, 1.807) is 0 Å². The Morgan fingerprint density at radius 2 is 1.89 bits per heavy atom. The lowest BCUT2D eigenvalue weighted by atomic mass is 10.0. The van der Waals surface area contributed by atoms with Gasteiger partial charge < -0.3 is 15.3 Å². The smallest absolute Gasteiger partial charge is 0.0942 e. The van der Waals surface area contributed by atoms with Gasteiger partial charge in [-0.05, 0) is 38.2 Å². The number of benzene rings is 1. The Hall–Kier alpha value is -0.610. The molecule has 1 aromatic rings. The van der Waals surface area contributed by atoms with Gasteiger partial charge in [-0.2, -0.15) is 0 Å². The summed E-state index contributed by atoms with van der Waals surface area (Å²) < 4.78 is 0. The Morgan fingerprint density at radius 1 is 1.28 bits per heavy atom. The summed E-state index contributed by atoms with van der Waals surface area (Å²) in [6.07, 6.45) is 0.395. The van der Waals surface area contributed by atoms with E-state index in [9.17, 15) is 5.11 Å². The third-order valence-electron chi connectivity index (χ3n) is 3.00. The summed E-state index contributed by atoms with van der Waals surface area (Å²) in [5.41, 5.74) is 0.906. The highest BCUT2D eigenvalue weighted by atomic mass is 35.5. The molecule has 0 saturated heterocycles. The van der Waals surface area contributed by atoms with E-state index in [4.69, 9.17) is 11.6 Å². The molecule has 0 aliphatic carbocycles. The van der Waals surface area contributed by atoms with Crippen molar-refractivity contribution in [1.29, 1.82) is 0 Å². The molecule has 2 N–H and O–H groups in total. The Morgan fingerprint density at radius 3 is 2.39 bits per heavy atom. The van der Waals surface area contributed by atoms with Gasteiger partial charge in [-0.25, -0.2) is 0 Å². The van der Waals surface area contributed by atoms with Crippen LogP contribution in [-0.4, -0.2) is 43.2 Å². The molecular formula is C14H23ClN2O. The Balaban J connectivity index is 2.55. The number of nitrogens with one attached hydrogen (secondary N) is 1. The van der Waals surface area contributed by atoms with Gasteiger partial charge in [-0.15, -0.1) is 0 Å². The van der Waals surface area contributed by atoms with E-state index >= 15 is 0 Å². The molecular weight excluding hydrogens is 248 g/mol. The first kappa shape index (κ1) is 15.4. The summed E-state index contributed by atoms with van der Waals surface area (Å²) in [4.78, 5) is 2.12. The van der Waals surface area contributed by atoms with Gasteiger partial charge in [0.15, 0.2) is 0 Å². The zero-order chi connectivity index (χ0) is 13.5. The molecule has 4 heteroatoms. The van der Waals surface area contributed by atoms with E-state index in [2.05, 4.69) is 17.1 Å². The topological polar surface area (TPSA) is 35.5 Å². The lowest BCUT2D eigenvalue weighted by Gasteiger charge is -2.24. The van der Waals surface area contributed by atoms with Crippen molar-refractivity contribution in [2.24, 2.45) is 0 Å². The maximum absolute atomic E-state index is 10.3. The molecule has 0 aliphatic rings. The monoisotopic (exact) mass is 270 g/mol. The molecule has 0 aliphatic heterocycles. The van der Waals surface area contributed by atoms with Crippen molar-refractivity contribution in [1.82, 2.24) is 10.2 Å². The molecule has 0 fully saturated rings. The second-order valence-corrected chi connectivity index (χ2v) is 5.20. The van der Waals surface area contributed by atoms with Gasteiger partial charge in [-0.3, -0.25) is 0 Å². The minimum Gasteiger partial charge on any atom is -0.387 e. The van der Waals surface area contributed by atoms with Crippen molar-refractivity contribution in [2.45, 2.75) is 25.5 Å². The minimum atomic E-state index is -0.491. The molecule has 1 aromatic carbocycles. The Bertz CT molecular complexity index is 340. The third kappa shape index (κ3) is 4.94.